The van der Waals surface area contributed by atoms with E-state index < -0.39 is 5.60 Å². The molecule has 0 saturated carbocycles. The van der Waals surface area contributed by atoms with E-state index in [0.29, 0.717) is 12.5 Å². The number of amides is 1. The molecule has 0 bridgehead atoms. The molecule has 1 aromatic rings. The first-order chi connectivity index (χ1) is 10.3. The van der Waals surface area contributed by atoms with Gasteiger partial charge in [0.1, 0.15) is 5.60 Å². The molecule has 1 amide bonds. The first kappa shape index (κ1) is 15.1. The number of hydrogen-bond donors (Lipinski definition) is 0. The van der Waals surface area contributed by atoms with Gasteiger partial charge in [-0.3, -0.25) is 4.90 Å². The van der Waals surface area contributed by atoms with Gasteiger partial charge in [0.2, 0.25) is 0 Å². The van der Waals surface area contributed by atoms with Crippen molar-refractivity contribution in [1.29, 1.82) is 0 Å². The van der Waals surface area contributed by atoms with Crippen LogP contribution in [-0.4, -0.2) is 22.6 Å². The summed E-state index contributed by atoms with van der Waals surface area (Å²) in [6, 6.07) is 6.80. The quantitative estimate of drug-likeness (QED) is 0.658. The molecule has 1 aromatic carbocycles. The van der Waals surface area contributed by atoms with E-state index in [1.807, 2.05) is 25.7 Å². The van der Waals surface area contributed by atoms with Gasteiger partial charge in [-0.15, -0.1) is 0 Å². The fraction of sp³-hybridized carbons (Fsp3) is 0.526. The lowest BCUT2D eigenvalue weighted by molar-refractivity contribution is 0.00805. The van der Waals surface area contributed by atoms with Crippen LogP contribution in [0.3, 0.4) is 0 Å². The summed E-state index contributed by atoms with van der Waals surface area (Å²) in [4.78, 5) is 14.6. The zero-order chi connectivity index (χ0) is 15.9. The Morgan fingerprint density at radius 3 is 2.68 bits per heavy atom. The lowest BCUT2D eigenvalue weighted by Crippen LogP contribution is -2.49. The van der Waals surface area contributed by atoms with Crippen molar-refractivity contribution >= 4 is 6.09 Å². The second-order valence-electron chi connectivity index (χ2n) is 7.43. The van der Waals surface area contributed by atoms with Gasteiger partial charge in [0.05, 0.1) is 0 Å². The number of allylic oxidation sites excluding steroid dienone is 1. The Kier molecular flexibility index (Phi) is 3.75. The van der Waals surface area contributed by atoms with Gasteiger partial charge in [0, 0.05) is 18.5 Å². The smallest absolute Gasteiger partial charge is 0.410 e. The lowest BCUT2D eigenvalue weighted by atomic mass is 9.77. The molecule has 0 fully saturated rings. The zero-order valence-electron chi connectivity index (χ0n) is 13.9. The van der Waals surface area contributed by atoms with Crippen molar-refractivity contribution in [3.8, 4) is 0 Å². The maximum absolute atomic E-state index is 12.6. The Hall–Kier alpha value is -1.77. The maximum Gasteiger partial charge on any atom is 0.410 e. The van der Waals surface area contributed by atoms with Crippen molar-refractivity contribution in [2.24, 2.45) is 0 Å². The van der Waals surface area contributed by atoms with Crippen molar-refractivity contribution in [3.63, 3.8) is 0 Å². The van der Waals surface area contributed by atoms with Crippen molar-refractivity contribution < 1.29 is 9.53 Å². The molecule has 3 heteroatoms. The van der Waals surface area contributed by atoms with Crippen LogP contribution in [0.15, 0.2) is 30.4 Å². The second-order valence-corrected chi connectivity index (χ2v) is 7.43. The molecule has 0 radical (unpaired) electrons. The average molecular weight is 299 g/mol. The summed E-state index contributed by atoms with van der Waals surface area (Å²) >= 11 is 0. The van der Waals surface area contributed by atoms with Gasteiger partial charge < -0.3 is 4.74 Å². The van der Waals surface area contributed by atoms with Crippen molar-refractivity contribution in [2.75, 3.05) is 0 Å². The lowest BCUT2D eigenvalue weighted by Gasteiger charge is -2.43. The van der Waals surface area contributed by atoms with Crippen LogP contribution in [0.5, 0.6) is 0 Å². The molecule has 2 aliphatic rings. The standard InChI is InChI=1S/C19H25NO2/c1-13-9-10-14-12-20(18(21)22-19(2,3)4)17-8-6-5-7-15(17)16(14)11-13/h5-6,9-11,15,17H,7-8,12H2,1-4H3/t15-,17-/m0/s1. The highest BCUT2D eigenvalue weighted by Crippen LogP contribution is 2.40. The predicted octanol–water partition coefficient (Wildman–Crippen LogP) is 4.55. The SMILES string of the molecule is Cc1ccc2c(c1)[C@@H]1CC=CC[C@@H]1N(C(=O)OC(C)(C)C)C2. The van der Waals surface area contributed by atoms with Gasteiger partial charge in [0.15, 0.2) is 0 Å². The van der Waals surface area contributed by atoms with Crippen molar-refractivity contribution in [2.45, 2.75) is 64.6 Å². The molecule has 0 aromatic heterocycles. The van der Waals surface area contributed by atoms with Crippen LogP contribution in [0, 0.1) is 6.92 Å². The second kappa shape index (κ2) is 5.45. The van der Waals surface area contributed by atoms with E-state index in [4.69, 9.17) is 4.74 Å². The third-order valence-corrected chi connectivity index (χ3v) is 4.47. The Morgan fingerprint density at radius 2 is 1.95 bits per heavy atom. The van der Waals surface area contributed by atoms with Gasteiger partial charge in [0.25, 0.3) is 0 Å². The van der Waals surface area contributed by atoms with Crippen LogP contribution in [0.4, 0.5) is 4.79 Å². The zero-order valence-corrected chi connectivity index (χ0v) is 13.9. The van der Waals surface area contributed by atoms with Gasteiger partial charge >= 0.3 is 6.09 Å². The summed E-state index contributed by atoms with van der Waals surface area (Å²) in [6.07, 6.45) is 6.16. The highest BCUT2D eigenvalue weighted by Gasteiger charge is 2.39. The van der Waals surface area contributed by atoms with E-state index in [0.717, 1.165) is 12.8 Å². The summed E-state index contributed by atoms with van der Waals surface area (Å²) in [5, 5.41) is 0. The number of nitrogens with zero attached hydrogens (tertiary/aromatic N) is 1. The fourth-order valence-corrected chi connectivity index (χ4v) is 3.50. The number of fused-ring (bicyclic) bond motifs is 3. The van der Waals surface area contributed by atoms with Gasteiger partial charge in [-0.2, -0.15) is 0 Å². The minimum atomic E-state index is -0.454. The van der Waals surface area contributed by atoms with Crippen LogP contribution in [0.25, 0.3) is 0 Å². The molecular formula is C19H25NO2. The molecule has 0 unspecified atom stereocenters. The number of hydrogen-bond acceptors (Lipinski definition) is 2. The Morgan fingerprint density at radius 1 is 1.23 bits per heavy atom. The summed E-state index contributed by atoms with van der Waals surface area (Å²) < 4.78 is 5.63. The summed E-state index contributed by atoms with van der Waals surface area (Å²) in [7, 11) is 0. The van der Waals surface area contributed by atoms with E-state index in [1.54, 1.807) is 0 Å². The topological polar surface area (TPSA) is 29.5 Å². The average Bonchev–Trinajstić information content (AvgIpc) is 2.44. The van der Waals surface area contributed by atoms with Crippen molar-refractivity contribution in [3.05, 3.63) is 47.0 Å². The normalized spacial score (nSPS) is 23.7. The van der Waals surface area contributed by atoms with Crippen molar-refractivity contribution in [1.82, 2.24) is 4.90 Å². The van der Waals surface area contributed by atoms with E-state index >= 15 is 0 Å². The molecule has 1 aliphatic carbocycles. The number of carbonyl (C=O) groups is 1. The summed E-state index contributed by atoms with van der Waals surface area (Å²) in [5.74, 6) is 0.390. The largest absolute Gasteiger partial charge is 0.444 e. The molecule has 3 rings (SSSR count). The Balaban J connectivity index is 1.94. The van der Waals surface area contributed by atoms with E-state index in [2.05, 4.69) is 37.3 Å². The summed E-state index contributed by atoms with van der Waals surface area (Å²) in [5.41, 5.74) is 3.50. The Labute approximate surface area is 133 Å². The van der Waals surface area contributed by atoms with Gasteiger partial charge in [-0.05, 0) is 51.7 Å². The third-order valence-electron chi connectivity index (χ3n) is 4.47. The van der Waals surface area contributed by atoms with Crippen LogP contribution in [0.1, 0.15) is 56.2 Å². The number of carbonyl (C=O) groups excluding carboxylic acids is 1. The highest BCUT2D eigenvalue weighted by molar-refractivity contribution is 5.69. The van der Waals surface area contributed by atoms with Gasteiger partial charge in [-0.25, -0.2) is 4.79 Å². The molecule has 22 heavy (non-hydrogen) atoms. The maximum atomic E-state index is 12.6. The van der Waals surface area contributed by atoms with Crippen LogP contribution in [0.2, 0.25) is 0 Å². The minimum absolute atomic E-state index is 0.191. The first-order valence-corrected chi connectivity index (χ1v) is 8.09. The van der Waals surface area contributed by atoms with Crippen LogP contribution >= 0.6 is 0 Å². The monoisotopic (exact) mass is 299 g/mol. The highest BCUT2D eigenvalue weighted by atomic mass is 16.6. The number of rotatable bonds is 0. The third kappa shape index (κ3) is 2.90. The molecule has 1 aliphatic heterocycles. The van der Waals surface area contributed by atoms with E-state index in [1.165, 1.54) is 16.7 Å². The minimum Gasteiger partial charge on any atom is -0.444 e. The number of ether oxygens (including phenoxy) is 1. The number of aryl methyl sites for hydroxylation is 1. The molecule has 118 valence electrons. The molecular weight excluding hydrogens is 274 g/mol. The fourth-order valence-electron chi connectivity index (χ4n) is 3.50. The predicted molar refractivity (Wildman–Crippen MR) is 87.9 cm³/mol. The van der Waals surface area contributed by atoms with Gasteiger partial charge in [-0.1, -0.05) is 35.9 Å². The number of benzene rings is 1. The molecule has 0 saturated heterocycles. The van der Waals surface area contributed by atoms with Crippen LogP contribution in [-0.2, 0) is 11.3 Å². The molecule has 0 spiro atoms. The molecule has 3 nitrogen and oxygen atoms in total. The Bertz CT molecular complexity index is 612. The first-order valence-electron chi connectivity index (χ1n) is 8.09. The van der Waals surface area contributed by atoms with E-state index in [-0.39, 0.29) is 12.1 Å². The molecule has 2 atom stereocenters. The summed E-state index contributed by atoms with van der Waals surface area (Å²) in [6.45, 7) is 8.55. The van der Waals surface area contributed by atoms with Crippen LogP contribution < -0.4 is 0 Å². The molecule has 1 heterocycles. The molecule has 0 N–H and O–H groups in total. The van der Waals surface area contributed by atoms with E-state index in [9.17, 15) is 4.79 Å².